The van der Waals surface area contributed by atoms with Crippen LogP contribution in [0.2, 0.25) is 0 Å². The number of amides is 1. The number of aromatic nitrogens is 1. The number of fused-ring (bicyclic) bond motifs is 1. The lowest BCUT2D eigenvalue weighted by molar-refractivity contribution is 0.0714. The average Bonchev–Trinajstić information content (AvgIpc) is 3.39. The zero-order chi connectivity index (χ0) is 23.7. The molecule has 0 bridgehead atoms. The van der Waals surface area contributed by atoms with Gasteiger partial charge in [0.15, 0.2) is 5.76 Å². The van der Waals surface area contributed by atoms with E-state index in [2.05, 4.69) is 40.3 Å². The first-order valence-corrected chi connectivity index (χ1v) is 11.5. The van der Waals surface area contributed by atoms with Crippen molar-refractivity contribution in [2.24, 2.45) is 0 Å². The van der Waals surface area contributed by atoms with Crippen LogP contribution in [0.15, 0.2) is 70.1 Å². The standard InChI is InChI=1S/C27H28N4O3/c1-18-14-20-16-21(26(32)29-24(20)15-19(18)2)17-28-22-5-7-23(8-6-22)30-9-11-31(12-10-30)27(33)25-4-3-13-34-25/h3-8,13-16,28H,9-12,17H2,1-2H3,(H,29,32). The molecule has 0 spiro atoms. The number of furan rings is 1. The number of nitrogens with one attached hydrogen (secondary N) is 2. The van der Waals surface area contributed by atoms with E-state index < -0.39 is 0 Å². The SMILES string of the molecule is Cc1cc2cc(CNc3ccc(N4CCN(C(=O)c5ccco5)CC4)cc3)c(=O)[nH]c2cc1C. The van der Waals surface area contributed by atoms with Crippen molar-refractivity contribution in [2.45, 2.75) is 20.4 Å². The van der Waals surface area contributed by atoms with Gasteiger partial charge in [-0.25, -0.2) is 0 Å². The Morgan fingerprint density at radius 1 is 1.00 bits per heavy atom. The molecule has 1 aliphatic heterocycles. The monoisotopic (exact) mass is 456 g/mol. The fourth-order valence-electron chi connectivity index (χ4n) is 4.36. The second kappa shape index (κ2) is 9.09. The van der Waals surface area contributed by atoms with E-state index in [9.17, 15) is 9.59 Å². The Labute approximate surface area is 198 Å². The normalized spacial score (nSPS) is 13.9. The third-order valence-corrected chi connectivity index (χ3v) is 6.55. The third kappa shape index (κ3) is 4.41. The van der Waals surface area contributed by atoms with E-state index in [1.165, 1.54) is 17.4 Å². The molecule has 3 heterocycles. The Morgan fingerprint density at radius 3 is 2.44 bits per heavy atom. The minimum absolute atomic E-state index is 0.0572. The van der Waals surface area contributed by atoms with Gasteiger partial charge in [0.2, 0.25) is 0 Å². The van der Waals surface area contributed by atoms with E-state index in [4.69, 9.17) is 4.42 Å². The third-order valence-electron chi connectivity index (χ3n) is 6.55. The molecule has 0 atom stereocenters. The van der Waals surface area contributed by atoms with Gasteiger partial charge in [-0.2, -0.15) is 0 Å². The predicted octanol–water partition coefficient (Wildman–Crippen LogP) is 4.31. The lowest BCUT2D eigenvalue weighted by atomic mass is 10.0. The van der Waals surface area contributed by atoms with Gasteiger partial charge in [-0.1, -0.05) is 0 Å². The van der Waals surface area contributed by atoms with E-state index in [-0.39, 0.29) is 11.5 Å². The number of hydrogen-bond acceptors (Lipinski definition) is 5. The molecule has 5 rings (SSSR count). The average molecular weight is 457 g/mol. The summed E-state index contributed by atoms with van der Waals surface area (Å²) in [6.07, 6.45) is 1.52. The number of anilines is 2. The van der Waals surface area contributed by atoms with Crippen LogP contribution in [0, 0.1) is 13.8 Å². The topological polar surface area (TPSA) is 81.6 Å². The van der Waals surface area contributed by atoms with Crippen LogP contribution in [0.4, 0.5) is 11.4 Å². The predicted molar refractivity (Wildman–Crippen MR) is 135 cm³/mol. The molecule has 1 aliphatic rings. The molecule has 2 aromatic carbocycles. The molecule has 7 nitrogen and oxygen atoms in total. The van der Waals surface area contributed by atoms with Crippen molar-refractivity contribution in [1.29, 1.82) is 0 Å². The highest BCUT2D eigenvalue weighted by Crippen LogP contribution is 2.21. The van der Waals surface area contributed by atoms with Crippen LogP contribution < -0.4 is 15.8 Å². The van der Waals surface area contributed by atoms with Crippen molar-refractivity contribution in [3.05, 3.63) is 93.7 Å². The Morgan fingerprint density at radius 2 is 1.74 bits per heavy atom. The molecule has 1 saturated heterocycles. The Bertz CT molecular complexity index is 1370. The molecular formula is C27H28N4O3. The number of rotatable bonds is 5. The van der Waals surface area contributed by atoms with Crippen LogP contribution in [0.25, 0.3) is 10.9 Å². The highest BCUT2D eigenvalue weighted by atomic mass is 16.3. The number of carbonyl (C=O) groups excluding carboxylic acids is 1. The number of H-pyrrole nitrogens is 1. The summed E-state index contributed by atoms with van der Waals surface area (Å²) in [5, 5.41) is 4.40. The van der Waals surface area contributed by atoms with Crippen LogP contribution in [0.1, 0.15) is 27.2 Å². The molecule has 0 saturated carbocycles. The first kappa shape index (κ1) is 21.8. The highest BCUT2D eigenvalue weighted by Gasteiger charge is 2.23. The molecule has 34 heavy (non-hydrogen) atoms. The molecule has 0 radical (unpaired) electrons. The van der Waals surface area contributed by atoms with E-state index >= 15 is 0 Å². The molecule has 4 aromatic rings. The van der Waals surface area contributed by atoms with Crippen molar-refractivity contribution in [3.8, 4) is 0 Å². The van der Waals surface area contributed by atoms with Gasteiger partial charge in [-0.05, 0) is 85.0 Å². The van der Waals surface area contributed by atoms with E-state index in [1.807, 2.05) is 36.1 Å². The fourth-order valence-corrected chi connectivity index (χ4v) is 4.36. The van der Waals surface area contributed by atoms with Gasteiger partial charge in [0.25, 0.3) is 11.5 Å². The van der Waals surface area contributed by atoms with Gasteiger partial charge in [0.1, 0.15) is 0 Å². The molecule has 0 aliphatic carbocycles. The number of hydrogen-bond donors (Lipinski definition) is 2. The van der Waals surface area contributed by atoms with Crippen molar-refractivity contribution in [2.75, 3.05) is 36.4 Å². The van der Waals surface area contributed by atoms with E-state index in [0.717, 1.165) is 35.4 Å². The highest BCUT2D eigenvalue weighted by molar-refractivity contribution is 5.91. The quantitative estimate of drug-likeness (QED) is 0.468. The van der Waals surface area contributed by atoms with Gasteiger partial charge in [0.05, 0.1) is 6.26 Å². The van der Waals surface area contributed by atoms with Crippen LogP contribution in [0.3, 0.4) is 0 Å². The zero-order valence-corrected chi connectivity index (χ0v) is 19.4. The Kier molecular flexibility index (Phi) is 5.84. The number of pyridine rings is 1. The van der Waals surface area contributed by atoms with Gasteiger partial charge >= 0.3 is 0 Å². The van der Waals surface area contributed by atoms with Gasteiger partial charge in [0, 0.05) is 55.2 Å². The maximum atomic E-state index is 12.5. The Hall–Kier alpha value is -4.00. The molecule has 174 valence electrons. The maximum Gasteiger partial charge on any atom is 0.289 e. The first-order valence-electron chi connectivity index (χ1n) is 11.5. The number of benzene rings is 2. The first-order chi connectivity index (χ1) is 16.5. The van der Waals surface area contributed by atoms with Crippen molar-refractivity contribution >= 4 is 28.2 Å². The van der Waals surface area contributed by atoms with Crippen LogP contribution in [-0.2, 0) is 6.54 Å². The lowest BCUT2D eigenvalue weighted by Gasteiger charge is -2.35. The van der Waals surface area contributed by atoms with Gasteiger partial charge in [-0.3, -0.25) is 9.59 Å². The summed E-state index contributed by atoms with van der Waals surface area (Å²) >= 11 is 0. The van der Waals surface area contributed by atoms with Crippen LogP contribution >= 0.6 is 0 Å². The van der Waals surface area contributed by atoms with Crippen molar-refractivity contribution in [3.63, 3.8) is 0 Å². The molecular weight excluding hydrogens is 428 g/mol. The summed E-state index contributed by atoms with van der Waals surface area (Å²) in [6, 6.07) is 17.7. The van der Waals surface area contributed by atoms with Gasteiger partial charge < -0.3 is 24.5 Å². The van der Waals surface area contributed by atoms with E-state index in [0.29, 0.717) is 31.0 Å². The smallest absolute Gasteiger partial charge is 0.289 e. The minimum Gasteiger partial charge on any atom is -0.459 e. The van der Waals surface area contributed by atoms with Crippen molar-refractivity contribution in [1.82, 2.24) is 9.88 Å². The van der Waals surface area contributed by atoms with E-state index in [1.54, 1.807) is 12.1 Å². The minimum atomic E-state index is -0.0677. The fraction of sp³-hybridized carbons (Fsp3) is 0.259. The summed E-state index contributed by atoms with van der Waals surface area (Å²) in [6.45, 7) is 7.43. The summed E-state index contributed by atoms with van der Waals surface area (Å²) in [5.41, 5.74) is 5.95. The second-order valence-corrected chi connectivity index (χ2v) is 8.80. The number of aromatic amines is 1. The number of aryl methyl sites for hydroxylation is 2. The summed E-state index contributed by atoms with van der Waals surface area (Å²) in [7, 11) is 0. The largest absolute Gasteiger partial charge is 0.459 e. The summed E-state index contributed by atoms with van der Waals surface area (Å²) in [4.78, 5) is 32.1. The molecule has 1 amide bonds. The zero-order valence-electron chi connectivity index (χ0n) is 19.4. The maximum absolute atomic E-state index is 12.5. The summed E-state index contributed by atoms with van der Waals surface area (Å²) < 4.78 is 5.23. The second-order valence-electron chi connectivity index (χ2n) is 8.80. The molecule has 0 unspecified atom stereocenters. The molecule has 7 heteroatoms. The number of carbonyl (C=O) groups is 1. The van der Waals surface area contributed by atoms with Crippen LogP contribution in [-0.4, -0.2) is 42.0 Å². The number of nitrogens with zero attached hydrogens (tertiary/aromatic N) is 2. The molecule has 2 N–H and O–H groups in total. The van der Waals surface area contributed by atoms with Gasteiger partial charge in [-0.15, -0.1) is 0 Å². The lowest BCUT2D eigenvalue weighted by Crippen LogP contribution is -2.48. The number of piperazine rings is 1. The molecule has 1 fully saturated rings. The summed E-state index contributed by atoms with van der Waals surface area (Å²) in [5.74, 6) is 0.331. The van der Waals surface area contributed by atoms with Crippen LogP contribution in [0.5, 0.6) is 0 Å². The van der Waals surface area contributed by atoms with Crippen molar-refractivity contribution < 1.29 is 9.21 Å². The Balaban J connectivity index is 1.20. The molecule has 2 aromatic heterocycles.